The van der Waals surface area contributed by atoms with Crippen LogP contribution in [0.1, 0.15) is 57.1 Å². The molecule has 0 spiro atoms. The largest absolute Gasteiger partial charge is 0.119 e. The number of rotatable bonds is 6. The summed E-state index contributed by atoms with van der Waals surface area (Å²) in [4.78, 5) is 0. The molecule has 24 heavy (non-hydrogen) atoms. The van der Waals surface area contributed by atoms with Crippen LogP contribution in [0, 0.1) is 18.3 Å². The van der Waals surface area contributed by atoms with Gasteiger partial charge in [-0.3, -0.25) is 0 Å². The predicted octanol–water partition coefficient (Wildman–Crippen LogP) is 6.69. The van der Waals surface area contributed by atoms with Gasteiger partial charge in [0.25, 0.3) is 0 Å². The van der Waals surface area contributed by atoms with E-state index in [1.807, 2.05) is 6.92 Å². The van der Waals surface area contributed by atoms with Crippen molar-refractivity contribution in [3.05, 3.63) is 76.9 Å². The fourth-order valence-electron chi connectivity index (χ4n) is 3.35. The molecular formula is C24H28. The topological polar surface area (TPSA) is 0 Å². The Bertz CT molecular complexity index is 704. The lowest BCUT2D eigenvalue weighted by Gasteiger charge is -2.27. The first kappa shape index (κ1) is 18.1. The van der Waals surface area contributed by atoms with E-state index >= 15 is 0 Å². The molecule has 2 rings (SSSR count). The van der Waals surface area contributed by atoms with Gasteiger partial charge in [-0.2, -0.15) is 0 Å². The summed E-state index contributed by atoms with van der Waals surface area (Å²) in [5, 5.41) is 0. The van der Waals surface area contributed by atoms with Gasteiger partial charge in [-0.1, -0.05) is 79.1 Å². The van der Waals surface area contributed by atoms with Gasteiger partial charge < -0.3 is 0 Å². The molecule has 2 atom stereocenters. The van der Waals surface area contributed by atoms with Crippen molar-refractivity contribution in [1.82, 2.24) is 0 Å². The second-order valence-corrected chi connectivity index (χ2v) is 6.37. The second-order valence-electron chi connectivity index (χ2n) is 6.37. The lowest BCUT2D eigenvalue weighted by molar-refractivity contribution is 0.593. The Morgan fingerprint density at radius 1 is 1.29 bits per heavy atom. The molecule has 1 aliphatic rings. The number of benzene rings is 1. The van der Waals surface area contributed by atoms with Crippen LogP contribution in [-0.2, 0) is 0 Å². The zero-order valence-electron chi connectivity index (χ0n) is 15.1. The third-order valence-corrected chi connectivity index (χ3v) is 4.57. The van der Waals surface area contributed by atoms with Crippen LogP contribution in [-0.4, -0.2) is 0 Å². The van der Waals surface area contributed by atoms with Crippen molar-refractivity contribution in [2.24, 2.45) is 5.92 Å². The summed E-state index contributed by atoms with van der Waals surface area (Å²) < 4.78 is 0. The molecule has 1 aromatic carbocycles. The van der Waals surface area contributed by atoms with Gasteiger partial charge in [0.1, 0.15) is 0 Å². The molecular weight excluding hydrogens is 288 g/mol. The molecule has 0 bridgehead atoms. The molecule has 0 fully saturated rings. The van der Waals surface area contributed by atoms with E-state index in [0.29, 0.717) is 5.92 Å². The minimum Gasteiger partial charge on any atom is -0.119 e. The lowest BCUT2D eigenvalue weighted by atomic mass is 9.76. The van der Waals surface area contributed by atoms with Gasteiger partial charge >= 0.3 is 0 Å². The second kappa shape index (κ2) is 9.14. The van der Waals surface area contributed by atoms with Crippen LogP contribution in [0.5, 0.6) is 0 Å². The minimum atomic E-state index is 0.0427. The molecule has 124 valence electrons. The summed E-state index contributed by atoms with van der Waals surface area (Å²) in [5.74, 6) is 3.61. The lowest BCUT2D eigenvalue weighted by Crippen LogP contribution is -2.14. The highest BCUT2D eigenvalue weighted by Gasteiger charge is 2.24. The van der Waals surface area contributed by atoms with Gasteiger partial charge in [-0.25, -0.2) is 0 Å². The first-order valence-electron chi connectivity index (χ1n) is 8.92. The number of hydrogen-bond donors (Lipinski definition) is 0. The summed E-state index contributed by atoms with van der Waals surface area (Å²) >= 11 is 0. The Hall–Kier alpha value is -2.26. The van der Waals surface area contributed by atoms with Crippen molar-refractivity contribution < 1.29 is 0 Å². The monoisotopic (exact) mass is 316 g/mol. The molecule has 2 unspecified atom stereocenters. The number of allylic oxidation sites excluding steroid dienone is 7. The van der Waals surface area contributed by atoms with E-state index in [-0.39, 0.29) is 5.92 Å². The van der Waals surface area contributed by atoms with E-state index in [1.165, 1.54) is 22.3 Å². The van der Waals surface area contributed by atoms with Gasteiger partial charge in [0.05, 0.1) is 5.92 Å². The van der Waals surface area contributed by atoms with Crippen molar-refractivity contribution in [1.29, 1.82) is 0 Å². The van der Waals surface area contributed by atoms with E-state index in [0.717, 1.165) is 19.3 Å². The fraction of sp³-hybridized carbons (Fsp3) is 0.333. The molecule has 0 saturated carbocycles. The van der Waals surface area contributed by atoms with Gasteiger partial charge in [0.2, 0.25) is 0 Å². The normalized spacial score (nSPS) is 19.2. The maximum Gasteiger partial charge on any atom is 0.0671 e. The van der Waals surface area contributed by atoms with Crippen LogP contribution in [0.25, 0.3) is 6.08 Å². The molecule has 0 N–H and O–H groups in total. The van der Waals surface area contributed by atoms with Crippen molar-refractivity contribution in [3.63, 3.8) is 0 Å². The maximum atomic E-state index is 6.01. The van der Waals surface area contributed by atoms with Gasteiger partial charge in [-0.05, 0) is 55.7 Å². The first-order chi connectivity index (χ1) is 11.7. The number of terminal acetylenes is 1. The average molecular weight is 316 g/mol. The van der Waals surface area contributed by atoms with Crippen LogP contribution in [0.2, 0.25) is 0 Å². The van der Waals surface area contributed by atoms with Crippen LogP contribution in [0.4, 0.5) is 0 Å². The molecule has 0 nitrogen and oxygen atoms in total. The Kier molecular flexibility index (Phi) is 6.89. The smallest absolute Gasteiger partial charge is 0.0671 e. The molecule has 0 aliphatic heterocycles. The van der Waals surface area contributed by atoms with Crippen LogP contribution in [0.3, 0.4) is 0 Å². The molecule has 0 heteroatoms. The highest BCUT2D eigenvalue weighted by molar-refractivity contribution is 5.58. The Morgan fingerprint density at radius 3 is 2.79 bits per heavy atom. The summed E-state index contributed by atoms with van der Waals surface area (Å²) in [7, 11) is 0. The van der Waals surface area contributed by atoms with E-state index in [9.17, 15) is 0 Å². The molecule has 0 heterocycles. The third-order valence-electron chi connectivity index (χ3n) is 4.57. The van der Waals surface area contributed by atoms with Gasteiger partial charge in [0.15, 0.2) is 0 Å². The maximum absolute atomic E-state index is 6.01. The van der Waals surface area contributed by atoms with E-state index in [4.69, 9.17) is 6.42 Å². The fourth-order valence-corrected chi connectivity index (χ4v) is 3.35. The first-order valence-corrected chi connectivity index (χ1v) is 8.92. The predicted molar refractivity (Wildman–Crippen MR) is 107 cm³/mol. The average Bonchev–Trinajstić information content (AvgIpc) is 2.59. The van der Waals surface area contributed by atoms with Crippen molar-refractivity contribution >= 4 is 6.08 Å². The molecule has 1 aromatic rings. The SMILES string of the molecule is C#CC(C1=CC(C)=CCC1CC=CCC)c1ccccc1/C=C\C. The van der Waals surface area contributed by atoms with Crippen LogP contribution in [0.15, 0.2) is 65.8 Å². The van der Waals surface area contributed by atoms with E-state index < -0.39 is 0 Å². The van der Waals surface area contributed by atoms with E-state index in [2.05, 4.69) is 80.5 Å². The summed E-state index contributed by atoms with van der Waals surface area (Å²) in [6, 6.07) is 8.49. The Labute approximate surface area is 147 Å². The third kappa shape index (κ3) is 4.39. The van der Waals surface area contributed by atoms with Gasteiger partial charge in [0, 0.05) is 0 Å². The highest BCUT2D eigenvalue weighted by Crippen LogP contribution is 2.38. The highest BCUT2D eigenvalue weighted by atomic mass is 14.3. The standard InChI is InChI=1S/C24H28/c1-5-8-9-13-21-17-16-19(4)18-24(21)22(7-3)23-15-11-10-14-20(23)12-6-2/h3,6,8-12,14-16,18,21-22H,5,13,17H2,1-2,4H3/b9-8?,12-6-. The molecule has 0 amide bonds. The van der Waals surface area contributed by atoms with Crippen molar-refractivity contribution in [2.75, 3.05) is 0 Å². The molecule has 0 radical (unpaired) electrons. The zero-order valence-corrected chi connectivity index (χ0v) is 15.1. The zero-order chi connectivity index (χ0) is 17.4. The Balaban J connectivity index is 2.41. The van der Waals surface area contributed by atoms with E-state index in [1.54, 1.807) is 0 Å². The Morgan fingerprint density at radius 2 is 2.08 bits per heavy atom. The molecule has 0 saturated heterocycles. The minimum absolute atomic E-state index is 0.0427. The molecule has 0 aromatic heterocycles. The summed E-state index contributed by atoms with van der Waals surface area (Å²) in [6.07, 6.45) is 22.7. The summed E-state index contributed by atoms with van der Waals surface area (Å²) in [5.41, 5.74) is 5.17. The van der Waals surface area contributed by atoms with Gasteiger partial charge in [-0.15, -0.1) is 6.42 Å². The van der Waals surface area contributed by atoms with Crippen LogP contribution >= 0.6 is 0 Å². The van der Waals surface area contributed by atoms with Crippen molar-refractivity contribution in [2.45, 2.75) is 46.0 Å². The van der Waals surface area contributed by atoms with Crippen LogP contribution < -0.4 is 0 Å². The van der Waals surface area contributed by atoms with Crippen molar-refractivity contribution in [3.8, 4) is 12.3 Å². The summed E-state index contributed by atoms with van der Waals surface area (Å²) in [6.45, 7) is 6.39. The number of hydrogen-bond acceptors (Lipinski definition) is 0. The quantitative estimate of drug-likeness (QED) is 0.405. The molecule has 1 aliphatic carbocycles.